The van der Waals surface area contributed by atoms with Crippen LogP contribution in [0.3, 0.4) is 0 Å². The summed E-state index contributed by atoms with van der Waals surface area (Å²) >= 11 is 0. The second-order valence-electron chi connectivity index (χ2n) is 7.68. The second kappa shape index (κ2) is 6.88. The van der Waals surface area contributed by atoms with Crippen LogP contribution in [0.2, 0.25) is 0 Å². The van der Waals surface area contributed by atoms with Crippen molar-refractivity contribution in [2.75, 3.05) is 0 Å². The van der Waals surface area contributed by atoms with Crippen LogP contribution in [0.25, 0.3) is 0 Å². The fraction of sp³-hybridized carbons (Fsp3) is 0.550. The highest BCUT2D eigenvalue weighted by molar-refractivity contribution is 5.18. The van der Waals surface area contributed by atoms with E-state index in [4.69, 9.17) is 9.25 Å². The smallest absolute Gasteiger partial charge is 0.414 e. The van der Waals surface area contributed by atoms with Gasteiger partial charge in [-0.2, -0.15) is 0 Å². The van der Waals surface area contributed by atoms with E-state index in [1.54, 1.807) is 6.20 Å². The van der Waals surface area contributed by atoms with E-state index in [1.165, 1.54) is 23.0 Å². The molecule has 1 heterocycles. The molecule has 0 aliphatic heterocycles. The number of nitrogens with zero attached hydrogens (tertiary/aromatic N) is 1. The molecule has 24 heavy (non-hydrogen) atoms. The van der Waals surface area contributed by atoms with Gasteiger partial charge in [-0.25, -0.2) is 4.79 Å². The Bertz CT molecular complexity index is 703. The first-order chi connectivity index (χ1) is 11.5. The molecule has 1 aliphatic rings. The summed E-state index contributed by atoms with van der Waals surface area (Å²) in [6, 6.07) is 10.4. The third-order valence-corrected chi connectivity index (χ3v) is 5.21. The molecule has 130 valence electrons. The number of aromatic nitrogens is 1. The molecule has 3 atom stereocenters. The Morgan fingerprint density at radius 1 is 1.29 bits per heavy atom. The first kappa shape index (κ1) is 16.9. The van der Waals surface area contributed by atoms with Gasteiger partial charge in [-0.15, -0.1) is 4.73 Å². The van der Waals surface area contributed by atoms with Crippen molar-refractivity contribution in [1.29, 1.82) is 0 Å². The molecule has 3 unspecified atom stereocenters. The van der Waals surface area contributed by atoms with E-state index in [9.17, 15) is 4.79 Å². The van der Waals surface area contributed by atoms with Crippen LogP contribution < -0.4 is 10.6 Å². The van der Waals surface area contributed by atoms with Crippen LogP contribution in [0.4, 0.5) is 0 Å². The van der Waals surface area contributed by atoms with E-state index in [0.29, 0.717) is 17.8 Å². The Labute approximate surface area is 143 Å². The van der Waals surface area contributed by atoms with Gasteiger partial charge in [0.1, 0.15) is 11.9 Å². The highest BCUT2D eigenvalue weighted by Gasteiger charge is 2.43. The van der Waals surface area contributed by atoms with E-state index < -0.39 is 5.76 Å². The predicted molar refractivity (Wildman–Crippen MR) is 93.8 cm³/mol. The van der Waals surface area contributed by atoms with Gasteiger partial charge in [0.05, 0.1) is 6.20 Å². The Morgan fingerprint density at radius 2 is 2.04 bits per heavy atom. The average molecular weight is 329 g/mol. The van der Waals surface area contributed by atoms with E-state index in [1.807, 2.05) is 6.07 Å². The standard InChI is InChI=1S/C20H27NO3/c1-15(2)18-11-16(3)12-20(14-18,13-17-7-5-4-6-8-17)24-21-9-10-23-19(21)22/h4-10,15-16,18H,11-14H2,1-3H3. The minimum absolute atomic E-state index is 0.373. The third kappa shape index (κ3) is 3.74. The van der Waals surface area contributed by atoms with Crippen LogP contribution in [0.1, 0.15) is 45.6 Å². The maximum atomic E-state index is 11.9. The molecule has 3 rings (SSSR count). The molecule has 0 radical (unpaired) electrons. The second-order valence-corrected chi connectivity index (χ2v) is 7.68. The lowest BCUT2D eigenvalue weighted by Crippen LogP contribution is -2.51. The van der Waals surface area contributed by atoms with Gasteiger partial charge in [0, 0.05) is 6.42 Å². The lowest BCUT2D eigenvalue weighted by atomic mass is 9.67. The first-order valence-corrected chi connectivity index (χ1v) is 8.87. The van der Waals surface area contributed by atoms with Crippen molar-refractivity contribution < 1.29 is 9.25 Å². The van der Waals surface area contributed by atoms with Gasteiger partial charge in [-0.05, 0) is 42.6 Å². The highest BCUT2D eigenvalue weighted by Crippen LogP contribution is 2.42. The van der Waals surface area contributed by atoms with Crippen molar-refractivity contribution in [2.45, 2.75) is 52.1 Å². The van der Waals surface area contributed by atoms with Crippen molar-refractivity contribution in [3.8, 4) is 0 Å². The summed E-state index contributed by atoms with van der Waals surface area (Å²) in [5, 5.41) is 0. The van der Waals surface area contributed by atoms with Crippen molar-refractivity contribution in [3.05, 3.63) is 58.9 Å². The molecular weight excluding hydrogens is 302 g/mol. The van der Waals surface area contributed by atoms with E-state index in [0.717, 1.165) is 19.3 Å². The first-order valence-electron chi connectivity index (χ1n) is 8.87. The predicted octanol–water partition coefficient (Wildman–Crippen LogP) is 3.94. The summed E-state index contributed by atoms with van der Waals surface area (Å²) in [6.07, 6.45) is 6.88. The fourth-order valence-electron chi connectivity index (χ4n) is 4.14. The molecule has 1 aromatic heterocycles. The Morgan fingerprint density at radius 3 is 2.67 bits per heavy atom. The minimum atomic E-state index is -0.457. The Hall–Kier alpha value is -1.97. The average Bonchev–Trinajstić information content (AvgIpc) is 2.92. The number of oxazole rings is 1. The summed E-state index contributed by atoms with van der Waals surface area (Å²) in [5.41, 5.74) is 0.868. The number of rotatable bonds is 5. The molecule has 2 aromatic rings. The quantitative estimate of drug-likeness (QED) is 0.834. The van der Waals surface area contributed by atoms with Gasteiger partial charge in [0.2, 0.25) is 0 Å². The van der Waals surface area contributed by atoms with Crippen molar-refractivity contribution in [2.24, 2.45) is 17.8 Å². The van der Waals surface area contributed by atoms with Crippen LogP contribution in [-0.2, 0) is 6.42 Å². The molecule has 1 aromatic carbocycles. The molecule has 1 aliphatic carbocycles. The SMILES string of the molecule is CC1CC(C(C)C)CC(Cc2ccccc2)(On2ccoc2=O)C1. The molecule has 1 saturated carbocycles. The molecule has 0 bridgehead atoms. The molecule has 4 nitrogen and oxygen atoms in total. The van der Waals surface area contributed by atoms with Crippen LogP contribution >= 0.6 is 0 Å². The Kier molecular flexibility index (Phi) is 4.83. The van der Waals surface area contributed by atoms with Crippen LogP contribution in [0.5, 0.6) is 0 Å². The van der Waals surface area contributed by atoms with Crippen LogP contribution in [0.15, 0.2) is 52.0 Å². The summed E-state index contributed by atoms with van der Waals surface area (Å²) in [5.74, 6) is 1.31. The Balaban J connectivity index is 1.93. The molecule has 0 N–H and O–H groups in total. The molecule has 0 spiro atoms. The van der Waals surface area contributed by atoms with E-state index >= 15 is 0 Å². The van der Waals surface area contributed by atoms with Gasteiger partial charge in [-0.1, -0.05) is 51.1 Å². The zero-order valence-electron chi connectivity index (χ0n) is 14.8. The lowest BCUT2D eigenvalue weighted by Gasteiger charge is -2.44. The van der Waals surface area contributed by atoms with Crippen molar-refractivity contribution in [3.63, 3.8) is 0 Å². The van der Waals surface area contributed by atoms with Crippen molar-refractivity contribution in [1.82, 2.24) is 4.73 Å². The highest BCUT2D eigenvalue weighted by atomic mass is 16.7. The summed E-state index contributed by atoms with van der Waals surface area (Å²) in [7, 11) is 0. The normalized spacial score (nSPS) is 27.3. The van der Waals surface area contributed by atoms with Gasteiger partial charge in [0.25, 0.3) is 0 Å². The van der Waals surface area contributed by atoms with Gasteiger partial charge >= 0.3 is 5.76 Å². The lowest BCUT2D eigenvalue weighted by molar-refractivity contribution is -0.111. The van der Waals surface area contributed by atoms with E-state index in [-0.39, 0.29) is 5.60 Å². The molecule has 1 fully saturated rings. The number of hydrogen-bond acceptors (Lipinski definition) is 3. The largest absolute Gasteiger partial charge is 0.452 e. The minimum Gasteiger partial charge on any atom is -0.414 e. The monoisotopic (exact) mass is 329 g/mol. The van der Waals surface area contributed by atoms with E-state index in [2.05, 4.69) is 45.0 Å². The van der Waals surface area contributed by atoms with Gasteiger partial charge in [0.15, 0.2) is 0 Å². The fourth-order valence-corrected chi connectivity index (χ4v) is 4.14. The maximum absolute atomic E-state index is 11.9. The summed E-state index contributed by atoms with van der Waals surface area (Å²) in [4.78, 5) is 18.1. The zero-order chi connectivity index (χ0) is 17.2. The van der Waals surface area contributed by atoms with Crippen LogP contribution in [-0.4, -0.2) is 10.3 Å². The number of hydrogen-bond donors (Lipinski definition) is 0. The summed E-state index contributed by atoms with van der Waals surface area (Å²) in [6.45, 7) is 6.84. The molecule has 0 saturated heterocycles. The molecule has 0 amide bonds. The third-order valence-electron chi connectivity index (χ3n) is 5.21. The molecule has 4 heteroatoms. The van der Waals surface area contributed by atoms with Gasteiger partial charge in [-0.3, -0.25) is 0 Å². The van der Waals surface area contributed by atoms with Gasteiger partial charge < -0.3 is 9.25 Å². The topological polar surface area (TPSA) is 44.4 Å². The maximum Gasteiger partial charge on any atom is 0.452 e. The zero-order valence-corrected chi connectivity index (χ0v) is 14.8. The number of benzene rings is 1. The van der Waals surface area contributed by atoms with Crippen molar-refractivity contribution >= 4 is 0 Å². The summed E-state index contributed by atoms with van der Waals surface area (Å²) < 4.78 is 6.15. The van der Waals surface area contributed by atoms with Crippen LogP contribution in [0, 0.1) is 17.8 Å². The molecular formula is C20H27NO3.